The quantitative estimate of drug-likeness (QED) is 0.536. The Bertz CT molecular complexity index is 301. The molecule has 0 aliphatic heterocycles. The molecule has 0 bridgehead atoms. The number of amides is 1. The Labute approximate surface area is 108 Å². The van der Waals surface area contributed by atoms with Gasteiger partial charge < -0.3 is 14.3 Å². The Balaban J connectivity index is 4.44. The summed E-state index contributed by atoms with van der Waals surface area (Å²) < 4.78 is 10.0. The van der Waals surface area contributed by atoms with Crippen LogP contribution in [-0.2, 0) is 14.3 Å². The molecular formula is C12H23NO5. The maximum Gasteiger partial charge on any atom is 0.534 e. The van der Waals surface area contributed by atoms with Crippen molar-refractivity contribution in [3.63, 3.8) is 0 Å². The lowest BCUT2D eigenvalue weighted by atomic mass is 10.2. The van der Waals surface area contributed by atoms with Gasteiger partial charge in [0.15, 0.2) is 0 Å². The minimum Gasteiger partial charge on any atom is -0.442 e. The van der Waals surface area contributed by atoms with Crippen LogP contribution in [-0.4, -0.2) is 35.1 Å². The number of carbonyl (C=O) groups excluding carboxylic acids is 2. The van der Waals surface area contributed by atoms with Crippen molar-refractivity contribution in [2.24, 2.45) is 0 Å². The van der Waals surface area contributed by atoms with Gasteiger partial charge in [0, 0.05) is 0 Å². The van der Waals surface area contributed by atoms with E-state index in [-0.39, 0.29) is 6.54 Å². The van der Waals surface area contributed by atoms with Crippen LogP contribution in [0.5, 0.6) is 0 Å². The molecule has 0 rings (SSSR count). The number of hydrogen-bond donors (Lipinski definition) is 0. The zero-order chi connectivity index (χ0) is 14.6. The molecule has 6 heteroatoms. The van der Waals surface area contributed by atoms with E-state index in [0.29, 0.717) is 0 Å². The lowest BCUT2D eigenvalue weighted by molar-refractivity contribution is -0.133. The normalized spacial score (nSPS) is 11.7. The van der Waals surface area contributed by atoms with Crippen LogP contribution in [0.4, 0.5) is 9.59 Å². The zero-order valence-electron chi connectivity index (χ0n) is 12.2. The van der Waals surface area contributed by atoms with Crippen molar-refractivity contribution in [1.82, 2.24) is 5.06 Å². The molecule has 18 heavy (non-hydrogen) atoms. The molecule has 0 radical (unpaired) electrons. The smallest absolute Gasteiger partial charge is 0.442 e. The van der Waals surface area contributed by atoms with Gasteiger partial charge in [-0.2, -0.15) is 0 Å². The topological polar surface area (TPSA) is 65.1 Å². The van der Waals surface area contributed by atoms with Crippen molar-refractivity contribution in [3.8, 4) is 0 Å². The van der Waals surface area contributed by atoms with Gasteiger partial charge in [0.05, 0.1) is 6.54 Å². The number of hydrogen-bond acceptors (Lipinski definition) is 5. The average Bonchev–Trinajstić information content (AvgIpc) is 2.07. The van der Waals surface area contributed by atoms with Crippen molar-refractivity contribution in [2.75, 3.05) is 6.54 Å². The SMILES string of the molecule is CCN(OC(=O)OC(C)(C)C)C(=O)OC(C)(C)C. The van der Waals surface area contributed by atoms with Crippen LogP contribution in [0.1, 0.15) is 48.5 Å². The fourth-order valence-corrected chi connectivity index (χ4v) is 0.902. The molecule has 0 aromatic heterocycles. The Morgan fingerprint density at radius 2 is 1.39 bits per heavy atom. The summed E-state index contributed by atoms with van der Waals surface area (Å²) in [5.74, 6) is 0. The number of hydroxylamine groups is 2. The third kappa shape index (κ3) is 7.76. The maximum absolute atomic E-state index is 11.7. The third-order valence-corrected chi connectivity index (χ3v) is 1.46. The summed E-state index contributed by atoms with van der Waals surface area (Å²) in [4.78, 5) is 27.8. The molecule has 0 aliphatic carbocycles. The van der Waals surface area contributed by atoms with Crippen molar-refractivity contribution >= 4 is 12.2 Å². The Morgan fingerprint density at radius 3 is 1.72 bits per heavy atom. The van der Waals surface area contributed by atoms with E-state index in [2.05, 4.69) is 0 Å². The second-order valence-corrected chi connectivity index (χ2v) is 5.73. The summed E-state index contributed by atoms with van der Waals surface area (Å²) in [5, 5.41) is 0.819. The molecule has 0 saturated carbocycles. The summed E-state index contributed by atoms with van der Waals surface area (Å²) in [6.07, 6.45) is -1.66. The minimum atomic E-state index is -0.935. The predicted molar refractivity (Wildman–Crippen MR) is 65.9 cm³/mol. The third-order valence-electron chi connectivity index (χ3n) is 1.46. The van der Waals surface area contributed by atoms with E-state index in [1.54, 1.807) is 48.5 Å². The van der Waals surface area contributed by atoms with E-state index in [1.165, 1.54) is 0 Å². The summed E-state index contributed by atoms with van der Waals surface area (Å²) >= 11 is 0. The Kier molecular flexibility index (Phi) is 5.45. The van der Waals surface area contributed by atoms with E-state index in [0.717, 1.165) is 5.06 Å². The standard InChI is InChI=1S/C12H23NO5/c1-8-13(9(14)16-11(2,3)4)18-10(15)17-12(5,6)7/h8H2,1-7H3. The van der Waals surface area contributed by atoms with Gasteiger partial charge in [-0.3, -0.25) is 0 Å². The molecule has 0 aliphatic rings. The van der Waals surface area contributed by atoms with Gasteiger partial charge in [0.1, 0.15) is 11.2 Å². The van der Waals surface area contributed by atoms with Crippen LogP contribution in [0.2, 0.25) is 0 Å². The van der Waals surface area contributed by atoms with Crippen LogP contribution in [0.15, 0.2) is 0 Å². The first-order valence-corrected chi connectivity index (χ1v) is 5.86. The van der Waals surface area contributed by atoms with Crippen molar-refractivity contribution in [2.45, 2.75) is 59.7 Å². The Morgan fingerprint density at radius 1 is 0.944 bits per heavy atom. The summed E-state index contributed by atoms with van der Waals surface area (Å²) in [6.45, 7) is 12.1. The average molecular weight is 261 g/mol. The first kappa shape index (κ1) is 16.5. The molecular weight excluding hydrogens is 238 g/mol. The highest BCUT2D eigenvalue weighted by molar-refractivity contribution is 5.69. The van der Waals surface area contributed by atoms with Crippen LogP contribution < -0.4 is 0 Å². The fraction of sp³-hybridized carbons (Fsp3) is 0.833. The molecule has 0 saturated heterocycles. The first-order valence-electron chi connectivity index (χ1n) is 5.86. The molecule has 6 nitrogen and oxygen atoms in total. The van der Waals surface area contributed by atoms with E-state index in [4.69, 9.17) is 14.3 Å². The van der Waals surface area contributed by atoms with Gasteiger partial charge >= 0.3 is 12.2 Å². The molecule has 106 valence electrons. The predicted octanol–water partition coefficient (Wildman–Crippen LogP) is 3.11. The molecule has 0 aromatic carbocycles. The van der Waals surface area contributed by atoms with E-state index >= 15 is 0 Å². The summed E-state index contributed by atoms with van der Waals surface area (Å²) in [7, 11) is 0. The molecule has 1 amide bonds. The number of nitrogens with zero attached hydrogens (tertiary/aromatic N) is 1. The van der Waals surface area contributed by atoms with E-state index in [1.807, 2.05) is 0 Å². The molecule has 0 heterocycles. The monoisotopic (exact) mass is 261 g/mol. The lowest BCUT2D eigenvalue weighted by Crippen LogP contribution is -2.39. The lowest BCUT2D eigenvalue weighted by Gasteiger charge is -2.26. The summed E-state index contributed by atoms with van der Waals surface area (Å²) in [5.41, 5.74) is -1.33. The molecule has 0 aromatic rings. The van der Waals surface area contributed by atoms with Crippen LogP contribution in [0.25, 0.3) is 0 Å². The van der Waals surface area contributed by atoms with Crippen LogP contribution in [0, 0.1) is 0 Å². The number of rotatable bonds is 1. The number of carbonyl (C=O) groups is 2. The second-order valence-electron chi connectivity index (χ2n) is 5.73. The maximum atomic E-state index is 11.7. The molecule has 0 unspecified atom stereocenters. The molecule has 0 N–H and O–H groups in total. The minimum absolute atomic E-state index is 0.175. The van der Waals surface area contributed by atoms with E-state index in [9.17, 15) is 9.59 Å². The first-order chi connectivity index (χ1) is 7.94. The zero-order valence-corrected chi connectivity index (χ0v) is 12.2. The summed E-state index contributed by atoms with van der Waals surface area (Å²) in [6, 6.07) is 0. The van der Waals surface area contributed by atoms with Crippen LogP contribution >= 0.6 is 0 Å². The van der Waals surface area contributed by atoms with Crippen molar-refractivity contribution < 1.29 is 23.9 Å². The van der Waals surface area contributed by atoms with Gasteiger partial charge in [0.25, 0.3) is 0 Å². The van der Waals surface area contributed by atoms with Gasteiger partial charge in [-0.15, -0.1) is 5.06 Å². The number of ether oxygens (including phenoxy) is 2. The molecule has 0 spiro atoms. The van der Waals surface area contributed by atoms with Gasteiger partial charge in [0.2, 0.25) is 0 Å². The van der Waals surface area contributed by atoms with Crippen LogP contribution in [0.3, 0.4) is 0 Å². The van der Waals surface area contributed by atoms with E-state index < -0.39 is 23.5 Å². The highest BCUT2D eigenvalue weighted by Crippen LogP contribution is 2.12. The van der Waals surface area contributed by atoms with Crippen molar-refractivity contribution in [3.05, 3.63) is 0 Å². The fourth-order valence-electron chi connectivity index (χ4n) is 0.902. The highest BCUT2D eigenvalue weighted by Gasteiger charge is 2.26. The van der Waals surface area contributed by atoms with Gasteiger partial charge in [-0.1, -0.05) is 0 Å². The molecule has 0 atom stereocenters. The van der Waals surface area contributed by atoms with Crippen molar-refractivity contribution in [1.29, 1.82) is 0 Å². The Hall–Kier alpha value is -1.46. The van der Waals surface area contributed by atoms with Gasteiger partial charge in [-0.05, 0) is 48.5 Å². The molecule has 0 fully saturated rings. The largest absolute Gasteiger partial charge is 0.534 e. The van der Waals surface area contributed by atoms with Gasteiger partial charge in [-0.25, -0.2) is 9.59 Å². The highest BCUT2D eigenvalue weighted by atomic mass is 16.8. The second kappa shape index (κ2) is 5.93.